The fourth-order valence-corrected chi connectivity index (χ4v) is 3.49. The van der Waals surface area contributed by atoms with Gasteiger partial charge in [-0.2, -0.15) is 0 Å². The van der Waals surface area contributed by atoms with Gasteiger partial charge in [0.1, 0.15) is 17.2 Å². The molecule has 0 unspecified atom stereocenters. The van der Waals surface area contributed by atoms with Crippen LogP contribution in [0.25, 0.3) is 16.6 Å². The van der Waals surface area contributed by atoms with E-state index in [1.165, 1.54) is 41.1 Å². The lowest BCUT2D eigenvalue weighted by atomic mass is 10.1. The third-order valence-electron chi connectivity index (χ3n) is 5.21. The predicted octanol–water partition coefficient (Wildman–Crippen LogP) is 2.54. The minimum absolute atomic E-state index is 0.0688. The van der Waals surface area contributed by atoms with Gasteiger partial charge in [0.2, 0.25) is 5.43 Å². The quantitative estimate of drug-likeness (QED) is 0.683. The highest BCUT2D eigenvalue weighted by atomic mass is 19.1. The summed E-state index contributed by atoms with van der Waals surface area (Å²) in [7, 11) is 2.01. The standard InChI is InChI=1S/C21H20F2N4O3/c1-25-6-8-26(9-7-25)24-18-11-19-15(10-17(18)23)20(28)16(21(29)30)12-27(19)14-4-2-13(22)3-5-14/h2-5,10-12,24H,6-9H2,1H3,(H,29,30). The molecule has 0 bridgehead atoms. The van der Waals surface area contributed by atoms with Crippen molar-refractivity contribution in [1.82, 2.24) is 14.5 Å². The first-order chi connectivity index (χ1) is 14.3. The molecule has 9 heteroatoms. The van der Waals surface area contributed by atoms with Gasteiger partial charge in [-0.3, -0.25) is 4.79 Å². The van der Waals surface area contributed by atoms with Gasteiger partial charge in [0, 0.05) is 43.4 Å². The number of hydrogen-bond acceptors (Lipinski definition) is 5. The summed E-state index contributed by atoms with van der Waals surface area (Å²) in [6, 6.07) is 7.89. The number of aromatic nitrogens is 1. The first kappa shape index (κ1) is 20.0. The Balaban J connectivity index is 1.87. The summed E-state index contributed by atoms with van der Waals surface area (Å²) in [5.74, 6) is -2.53. The molecule has 30 heavy (non-hydrogen) atoms. The van der Waals surface area contributed by atoms with Gasteiger partial charge in [0.25, 0.3) is 0 Å². The molecule has 1 aromatic heterocycles. The lowest BCUT2D eigenvalue weighted by Crippen LogP contribution is -2.47. The minimum atomic E-state index is -1.42. The number of hydrogen-bond donors (Lipinski definition) is 2. The Morgan fingerprint density at radius 2 is 1.73 bits per heavy atom. The number of piperazine rings is 1. The van der Waals surface area contributed by atoms with Gasteiger partial charge in [-0.15, -0.1) is 0 Å². The first-order valence-corrected chi connectivity index (χ1v) is 9.42. The Kier molecular flexibility index (Phi) is 5.23. The number of fused-ring (bicyclic) bond motifs is 1. The number of nitrogens with zero attached hydrogens (tertiary/aromatic N) is 3. The first-order valence-electron chi connectivity index (χ1n) is 9.42. The third kappa shape index (κ3) is 3.77. The fourth-order valence-electron chi connectivity index (χ4n) is 3.49. The van der Waals surface area contributed by atoms with Crippen molar-refractivity contribution in [1.29, 1.82) is 0 Å². The van der Waals surface area contributed by atoms with E-state index < -0.39 is 28.6 Å². The van der Waals surface area contributed by atoms with Crippen molar-refractivity contribution in [2.24, 2.45) is 0 Å². The van der Waals surface area contributed by atoms with Crippen LogP contribution in [0.2, 0.25) is 0 Å². The number of rotatable bonds is 4. The summed E-state index contributed by atoms with van der Waals surface area (Å²) < 4.78 is 29.6. The highest BCUT2D eigenvalue weighted by molar-refractivity contribution is 5.94. The molecule has 7 nitrogen and oxygen atoms in total. The molecule has 0 atom stereocenters. The van der Waals surface area contributed by atoms with E-state index in [1.807, 2.05) is 12.1 Å². The number of aromatic carboxylic acids is 1. The van der Waals surface area contributed by atoms with E-state index in [4.69, 9.17) is 0 Å². The Labute approximate surface area is 170 Å². The van der Waals surface area contributed by atoms with Crippen molar-refractivity contribution in [3.05, 3.63) is 70.0 Å². The van der Waals surface area contributed by atoms with Crippen LogP contribution in [0.1, 0.15) is 10.4 Å². The highest BCUT2D eigenvalue weighted by Crippen LogP contribution is 2.25. The number of benzene rings is 2. The zero-order valence-electron chi connectivity index (χ0n) is 16.2. The van der Waals surface area contributed by atoms with E-state index in [-0.39, 0.29) is 11.1 Å². The van der Waals surface area contributed by atoms with E-state index in [0.717, 1.165) is 19.2 Å². The summed E-state index contributed by atoms with van der Waals surface area (Å²) in [5, 5.41) is 11.2. The van der Waals surface area contributed by atoms with Gasteiger partial charge in [-0.1, -0.05) is 0 Å². The maximum absolute atomic E-state index is 14.8. The van der Waals surface area contributed by atoms with Crippen LogP contribution in [-0.2, 0) is 0 Å². The number of carbonyl (C=O) groups is 1. The SMILES string of the molecule is CN1CCN(Nc2cc3c(cc2F)c(=O)c(C(=O)O)cn3-c2ccc(F)cc2)CC1. The summed E-state index contributed by atoms with van der Waals surface area (Å²) in [4.78, 5) is 26.4. The Hall–Kier alpha value is -3.30. The molecule has 3 aromatic rings. The van der Waals surface area contributed by atoms with E-state index >= 15 is 0 Å². The monoisotopic (exact) mass is 414 g/mol. The van der Waals surface area contributed by atoms with Crippen LogP contribution in [0.5, 0.6) is 0 Å². The Morgan fingerprint density at radius 1 is 1.07 bits per heavy atom. The Bertz CT molecular complexity index is 1170. The maximum atomic E-state index is 14.8. The lowest BCUT2D eigenvalue weighted by molar-refractivity contribution is 0.0695. The summed E-state index contributed by atoms with van der Waals surface area (Å²) >= 11 is 0. The van der Waals surface area contributed by atoms with Crippen molar-refractivity contribution >= 4 is 22.6 Å². The average Bonchev–Trinajstić information content (AvgIpc) is 2.72. The molecule has 2 aromatic carbocycles. The molecule has 0 spiro atoms. The Morgan fingerprint density at radius 3 is 2.37 bits per heavy atom. The van der Waals surface area contributed by atoms with Gasteiger partial charge < -0.3 is 20.0 Å². The normalized spacial score (nSPS) is 15.4. The largest absolute Gasteiger partial charge is 0.477 e. The maximum Gasteiger partial charge on any atom is 0.341 e. The van der Waals surface area contributed by atoms with E-state index in [9.17, 15) is 23.5 Å². The number of hydrazine groups is 1. The van der Waals surface area contributed by atoms with Gasteiger partial charge >= 0.3 is 5.97 Å². The number of carboxylic acid groups (broad SMARTS) is 1. The molecule has 156 valence electrons. The number of halogens is 2. The van der Waals surface area contributed by atoms with Gasteiger partial charge in [0.15, 0.2) is 0 Å². The molecule has 1 aliphatic rings. The molecule has 1 fully saturated rings. The number of carboxylic acids is 1. The molecule has 0 aliphatic carbocycles. The van der Waals surface area contributed by atoms with Gasteiger partial charge in [-0.05, 0) is 43.4 Å². The summed E-state index contributed by atoms with van der Waals surface area (Å²) in [6.45, 7) is 3.03. The number of nitrogens with one attached hydrogen (secondary N) is 1. The fraction of sp³-hybridized carbons (Fsp3) is 0.238. The third-order valence-corrected chi connectivity index (χ3v) is 5.21. The molecule has 1 saturated heterocycles. The topological polar surface area (TPSA) is 77.8 Å². The molecule has 0 amide bonds. The average molecular weight is 414 g/mol. The van der Waals surface area contributed by atoms with E-state index in [0.29, 0.717) is 24.3 Å². The lowest BCUT2D eigenvalue weighted by Gasteiger charge is -2.33. The number of pyridine rings is 1. The minimum Gasteiger partial charge on any atom is -0.477 e. The second-order valence-electron chi connectivity index (χ2n) is 7.27. The molecule has 0 saturated carbocycles. The van der Waals surface area contributed by atoms with Crippen LogP contribution in [0.3, 0.4) is 0 Å². The molecule has 4 rings (SSSR count). The molecule has 0 radical (unpaired) electrons. The summed E-state index contributed by atoms with van der Waals surface area (Å²) in [5.41, 5.74) is 2.71. The van der Waals surface area contributed by atoms with E-state index in [2.05, 4.69) is 10.3 Å². The predicted molar refractivity (Wildman–Crippen MR) is 109 cm³/mol. The highest BCUT2D eigenvalue weighted by Gasteiger charge is 2.20. The van der Waals surface area contributed by atoms with Gasteiger partial charge in [-0.25, -0.2) is 18.6 Å². The van der Waals surface area contributed by atoms with Crippen molar-refractivity contribution < 1.29 is 18.7 Å². The molecule has 1 aliphatic heterocycles. The van der Waals surface area contributed by atoms with Crippen LogP contribution in [0.15, 0.2) is 47.4 Å². The van der Waals surface area contributed by atoms with Crippen LogP contribution < -0.4 is 10.9 Å². The van der Waals surface area contributed by atoms with Crippen LogP contribution >= 0.6 is 0 Å². The summed E-state index contributed by atoms with van der Waals surface area (Å²) in [6.07, 6.45) is 1.18. The smallest absolute Gasteiger partial charge is 0.341 e. The van der Waals surface area contributed by atoms with Crippen LogP contribution in [-0.4, -0.2) is 58.8 Å². The molecule has 2 N–H and O–H groups in total. The van der Waals surface area contributed by atoms with Crippen molar-refractivity contribution in [3.63, 3.8) is 0 Å². The second-order valence-corrected chi connectivity index (χ2v) is 7.27. The second kappa shape index (κ2) is 7.85. The van der Waals surface area contributed by atoms with Gasteiger partial charge in [0.05, 0.1) is 11.2 Å². The molecular weight excluding hydrogens is 394 g/mol. The van der Waals surface area contributed by atoms with Crippen molar-refractivity contribution in [2.75, 3.05) is 38.7 Å². The molecule has 2 heterocycles. The zero-order valence-corrected chi connectivity index (χ0v) is 16.2. The zero-order chi connectivity index (χ0) is 21.4. The molecular formula is C21H20F2N4O3. The van der Waals surface area contributed by atoms with Crippen molar-refractivity contribution in [3.8, 4) is 5.69 Å². The van der Waals surface area contributed by atoms with Crippen molar-refractivity contribution in [2.45, 2.75) is 0 Å². The van der Waals surface area contributed by atoms with Crippen LogP contribution in [0.4, 0.5) is 14.5 Å². The number of anilines is 1. The van der Waals surface area contributed by atoms with Crippen LogP contribution in [0, 0.1) is 11.6 Å². The number of likely N-dealkylation sites (N-methyl/N-ethyl adjacent to an activating group) is 1. The van der Waals surface area contributed by atoms with E-state index in [1.54, 1.807) is 0 Å².